The van der Waals surface area contributed by atoms with Crippen molar-refractivity contribution in [3.63, 3.8) is 0 Å². The summed E-state index contributed by atoms with van der Waals surface area (Å²) in [7, 11) is 1.78. The van der Waals surface area contributed by atoms with Gasteiger partial charge in [-0.05, 0) is 36.8 Å². The maximum Gasteiger partial charge on any atom is 0.251 e. The molecule has 4 nitrogen and oxygen atoms in total. The van der Waals surface area contributed by atoms with Gasteiger partial charge in [0.25, 0.3) is 5.56 Å². The summed E-state index contributed by atoms with van der Waals surface area (Å²) in [6, 6.07) is 20.1. The quantitative estimate of drug-likeness (QED) is 0.599. The van der Waals surface area contributed by atoms with Crippen molar-refractivity contribution in [2.75, 3.05) is 18.8 Å². The molecule has 2 aromatic carbocycles. The van der Waals surface area contributed by atoms with Gasteiger partial charge in [-0.15, -0.1) is 11.8 Å². The molecular formula is C24H26N2O2S. The molecular weight excluding hydrogens is 380 g/mol. The van der Waals surface area contributed by atoms with Crippen molar-refractivity contribution in [3.05, 3.63) is 76.6 Å². The van der Waals surface area contributed by atoms with Crippen molar-refractivity contribution < 1.29 is 4.79 Å². The Bertz CT molecular complexity index is 1050. The number of hydrogen-bond acceptors (Lipinski definition) is 3. The summed E-state index contributed by atoms with van der Waals surface area (Å²) in [6.07, 6.45) is 3.21. The maximum atomic E-state index is 12.7. The van der Waals surface area contributed by atoms with E-state index in [0.29, 0.717) is 11.7 Å². The second kappa shape index (κ2) is 8.87. The number of hydrogen-bond donors (Lipinski definition) is 0. The number of amides is 1. The lowest BCUT2D eigenvalue weighted by Crippen LogP contribution is -2.39. The molecule has 1 fully saturated rings. The third-order valence-corrected chi connectivity index (χ3v) is 6.84. The molecule has 0 radical (unpaired) electrons. The number of nitrogens with zero attached hydrogens (tertiary/aromatic N) is 2. The summed E-state index contributed by atoms with van der Waals surface area (Å²) in [6.45, 7) is 1.66. The van der Waals surface area contributed by atoms with Gasteiger partial charge < -0.3 is 9.47 Å². The number of aryl methyl sites for hydroxylation is 1. The van der Waals surface area contributed by atoms with Crippen LogP contribution in [0.3, 0.4) is 0 Å². The van der Waals surface area contributed by atoms with Crippen molar-refractivity contribution in [2.45, 2.75) is 24.2 Å². The normalized spacial score (nSPS) is 15.0. The van der Waals surface area contributed by atoms with Crippen LogP contribution in [0.1, 0.15) is 18.4 Å². The van der Waals surface area contributed by atoms with E-state index in [-0.39, 0.29) is 11.5 Å². The Morgan fingerprint density at radius 2 is 1.72 bits per heavy atom. The standard InChI is InChI=1S/C24H26N2O2S/c1-25-21-10-6-5-9-20(21)22(16-23(25)27)29-17-24(28)26-13-11-19(12-14-26)15-18-7-3-2-4-8-18/h2-10,16,19H,11-15,17H2,1H3. The monoisotopic (exact) mass is 406 g/mol. The fourth-order valence-electron chi connectivity index (χ4n) is 4.06. The van der Waals surface area contributed by atoms with Crippen LogP contribution in [0, 0.1) is 5.92 Å². The smallest absolute Gasteiger partial charge is 0.251 e. The molecule has 1 aliphatic heterocycles. The lowest BCUT2D eigenvalue weighted by atomic mass is 9.90. The number of likely N-dealkylation sites (tertiary alicyclic amines) is 1. The lowest BCUT2D eigenvalue weighted by Gasteiger charge is -2.32. The molecule has 1 aromatic heterocycles. The van der Waals surface area contributed by atoms with Gasteiger partial charge in [0, 0.05) is 36.5 Å². The van der Waals surface area contributed by atoms with Gasteiger partial charge in [0.05, 0.1) is 11.3 Å². The van der Waals surface area contributed by atoms with Crippen LogP contribution >= 0.6 is 11.8 Å². The number of aromatic nitrogens is 1. The number of thioether (sulfide) groups is 1. The molecule has 29 heavy (non-hydrogen) atoms. The molecule has 1 amide bonds. The van der Waals surface area contributed by atoms with Crippen LogP contribution in [0.2, 0.25) is 0 Å². The molecule has 1 aliphatic rings. The second-order valence-corrected chi connectivity index (χ2v) is 8.74. The molecule has 2 heterocycles. The first-order chi connectivity index (χ1) is 14.1. The first-order valence-electron chi connectivity index (χ1n) is 10.1. The van der Waals surface area contributed by atoms with E-state index >= 15 is 0 Å². The highest BCUT2D eigenvalue weighted by molar-refractivity contribution is 8.00. The van der Waals surface area contributed by atoms with Gasteiger partial charge in [0.2, 0.25) is 5.91 Å². The van der Waals surface area contributed by atoms with E-state index in [0.717, 1.165) is 48.2 Å². The largest absolute Gasteiger partial charge is 0.342 e. The number of carbonyl (C=O) groups is 1. The van der Waals surface area contributed by atoms with Gasteiger partial charge in [0.15, 0.2) is 0 Å². The Kier molecular flexibility index (Phi) is 6.05. The first kappa shape index (κ1) is 19.8. The van der Waals surface area contributed by atoms with Crippen LogP contribution in [0.15, 0.2) is 70.4 Å². The van der Waals surface area contributed by atoms with Crippen molar-refractivity contribution >= 4 is 28.6 Å². The van der Waals surface area contributed by atoms with E-state index in [1.54, 1.807) is 17.7 Å². The minimum Gasteiger partial charge on any atom is -0.342 e. The first-order valence-corrected chi connectivity index (χ1v) is 11.1. The fourth-order valence-corrected chi connectivity index (χ4v) is 5.04. The van der Waals surface area contributed by atoms with Gasteiger partial charge in [-0.1, -0.05) is 48.5 Å². The third-order valence-electron chi connectivity index (χ3n) is 5.80. The zero-order valence-corrected chi connectivity index (χ0v) is 17.5. The number of piperidine rings is 1. The van der Waals surface area contributed by atoms with E-state index in [4.69, 9.17) is 0 Å². The number of para-hydroxylation sites is 1. The third kappa shape index (κ3) is 4.56. The van der Waals surface area contributed by atoms with E-state index in [2.05, 4.69) is 24.3 Å². The van der Waals surface area contributed by atoms with Gasteiger partial charge in [-0.25, -0.2) is 0 Å². The number of pyridine rings is 1. The van der Waals surface area contributed by atoms with Crippen LogP contribution in [0.4, 0.5) is 0 Å². The van der Waals surface area contributed by atoms with Gasteiger partial charge in [0.1, 0.15) is 0 Å². The SMILES string of the molecule is Cn1c(=O)cc(SCC(=O)N2CCC(Cc3ccccc3)CC2)c2ccccc21. The Labute approximate surface area is 175 Å². The van der Waals surface area contributed by atoms with Gasteiger partial charge >= 0.3 is 0 Å². The highest BCUT2D eigenvalue weighted by Crippen LogP contribution is 2.27. The van der Waals surface area contributed by atoms with E-state index in [9.17, 15) is 9.59 Å². The highest BCUT2D eigenvalue weighted by atomic mass is 32.2. The molecule has 0 bridgehead atoms. The summed E-state index contributed by atoms with van der Waals surface area (Å²) in [5.41, 5.74) is 2.24. The number of rotatable bonds is 5. The summed E-state index contributed by atoms with van der Waals surface area (Å²) < 4.78 is 1.65. The minimum absolute atomic E-state index is 0.0413. The number of carbonyl (C=O) groups excluding carboxylic acids is 1. The summed E-state index contributed by atoms with van der Waals surface area (Å²) >= 11 is 1.47. The Hall–Kier alpha value is -2.53. The average molecular weight is 407 g/mol. The van der Waals surface area contributed by atoms with Crippen LogP contribution in [0.5, 0.6) is 0 Å². The number of benzene rings is 2. The molecule has 5 heteroatoms. The molecule has 150 valence electrons. The molecule has 0 unspecified atom stereocenters. The Morgan fingerprint density at radius 1 is 1.03 bits per heavy atom. The second-order valence-electron chi connectivity index (χ2n) is 7.73. The van der Waals surface area contributed by atoms with Crippen LogP contribution in [0.25, 0.3) is 10.9 Å². The summed E-state index contributed by atoms with van der Waals surface area (Å²) in [4.78, 5) is 27.9. The molecule has 1 saturated heterocycles. The predicted molar refractivity (Wildman–Crippen MR) is 119 cm³/mol. The van der Waals surface area contributed by atoms with Gasteiger partial charge in [-0.2, -0.15) is 0 Å². The zero-order chi connectivity index (χ0) is 20.2. The zero-order valence-electron chi connectivity index (χ0n) is 16.7. The van der Waals surface area contributed by atoms with Crippen LogP contribution < -0.4 is 5.56 Å². The molecule has 3 aromatic rings. The molecule has 0 aliphatic carbocycles. The average Bonchev–Trinajstić information content (AvgIpc) is 2.76. The number of fused-ring (bicyclic) bond motifs is 1. The molecule has 0 saturated carbocycles. The Balaban J connectivity index is 1.35. The van der Waals surface area contributed by atoms with Crippen molar-refractivity contribution in [3.8, 4) is 0 Å². The molecule has 0 N–H and O–H groups in total. The van der Waals surface area contributed by atoms with E-state index < -0.39 is 0 Å². The van der Waals surface area contributed by atoms with Crippen molar-refractivity contribution in [1.82, 2.24) is 9.47 Å². The Morgan fingerprint density at radius 3 is 2.48 bits per heavy atom. The topological polar surface area (TPSA) is 42.3 Å². The predicted octanol–water partition coefficient (Wildman–Crippen LogP) is 4.11. The summed E-state index contributed by atoms with van der Waals surface area (Å²) in [5, 5.41) is 1.02. The van der Waals surface area contributed by atoms with E-state index in [1.807, 2.05) is 35.2 Å². The molecule has 4 rings (SSSR count). The molecule has 0 spiro atoms. The van der Waals surface area contributed by atoms with Crippen molar-refractivity contribution in [2.24, 2.45) is 13.0 Å². The molecule has 0 atom stereocenters. The fraction of sp³-hybridized carbons (Fsp3) is 0.333. The highest BCUT2D eigenvalue weighted by Gasteiger charge is 2.23. The van der Waals surface area contributed by atoms with Crippen molar-refractivity contribution in [1.29, 1.82) is 0 Å². The minimum atomic E-state index is -0.0413. The van der Waals surface area contributed by atoms with Crippen LogP contribution in [-0.2, 0) is 18.3 Å². The maximum absolute atomic E-state index is 12.7. The lowest BCUT2D eigenvalue weighted by molar-refractivity contribution is -0.129. The van der Waals surface area contributed by atoms with Gasteiger partial charge in [-0.3, -0.25) is 9.59 Å². The summed E-state index contributed by atoms with van der Waals surface area (Å²) in [5.74, 6) is 1.19. The van der Waals surface area contributed by atoms with Crippen LogP contribution in [-0.4, -0.2) is 34.2 Å². The van der Waals surface area contributed by atoms with E-state index in [1.165, 1.54) is 17.3 Å².